The van der Waals surface area contributed by atoms with Gasteiger partial charge in [0.1, 0.15) is 5.60 Å². The summed E-state index contributed by atoms with van der Waals surface area (Å²) in [5, 5.41) is 2.72. The molecule has 0 aliphatic carbocycles. The van der Waals surface area contributed by atoms with E-state index < -0.39 is 17.8 Å². The third-order valence-electron chi connectivity index (χ3n) is 2.82. The van der Waals surface area contributed by atoms with Crippen LogP contribution in [0, 0.1) is 0 Å². The number of hydrogen-bond acceptors (Lipinski definition) is 5. The van der Waals surface area contributed by atoms with Crippen molar-refractivity contribution in [3.8, 4) is 0 Å². The van der Waals surface area contributed by atoms with E-state index in [0.29, 0.717) is 12.8 Å². The molecule has 1 fully saturated rings. The lowest BCUT2D eigenvalue weighted by atomic mass is 10.1. The monoisotopic (exact) mass is 273 g/mol. The molecule has 1 aliphatic rings. The molecule has 6 nitrogen and oxygen atoms in total. The van der Waals surface area contributed by atoms with E-state index in [1.807, 2.05) is 6.92 Å². The Morgan fingerprint density at radius 2 is 1.95 bits per heavy atom. The number of hydrogen-bond donors (Lipinski definition) is 1. The second-order valence-corrected chi connectivity index (χ2v) is 5.70. The Kier molecular flexibility index (Phi) is 5.17. The van der Waals surface area contributed by atoms with Crippen molar-refractivity contribution in [3.63, 3.8) is 0 Å². The van der Waals surface area contributed by atoms with E-state index >= 15 is 0 Å². The van der Waals surface area contributed by atoms with E-state index in [-0.39, 0.29) is 18.1 Å². The fraction of sp³-hybridized carbons (Fsp3) is 0.846. The molecule has 6 heteroatoms. The molecule has 19 heavy (non-hydrogen) atoms. The number of esters is 1. The molecule has 0 spiro atoms. The molecule has 1 aliphatic heterocycles. The molecule has 3 atom stereocenters. The second-order valence-electron chi connectivity index (χ2n) is 5.70. The van der Waals surface area contributed by atoms with Gasteiger partial charge in [0.2, 0.25) is 0 Å². The Balaban J connectivity index is 2.41. The van der Waals surface area contributed by atoms with Gasteiger partial charge >= 0.3 is 12.1 Å². The van der Waals surface area contributed by atoms with Gasteiger partial charge in [0, 0.05) is 0 Å². The van der Waals surface area contributed by atoms with Gasteiger partial charge < -0.3 is 19.5 Å². The van der Waals surface area contributed by atoms with E-state index in [0.717, 1.165) is 0 Å². The van der Waals surface area contributed by atoms with Crippen molar-refractivity contribution in [2.45, 2.75) is 64.4 Å². The number of alkyl carbamates (subject to hydrolysis) is 1. The number of nitrogens with one attached hydrogen (secondary N) is 1. The van der Waals surface area contributed by atoms with Gasteiger partial charge in [0.25, 0.3) is 0 Å². The molecule has 1 heterocycles. The molecule has 110 valence electrons. The largest absolute Gasteiger partial charge is 0.467 e. The van der Waals surface area contributed by atoms with E-state index in [1.165, 1.54) is 7.11 Å². The summed E-state index contributed by atoms with van der Waals surface area (Å²) in [6.07, 6.45) is 0.105. The number of ether oxygens (including phenoxy) is 3. The fourth-order valence-corrected chi connectivity index (χ4v) is 1.92. The van der Waals surface area contributed by atoms with Crippen LogP contribution in [0.4, 0.5) is 4.79 Å². The first-order valence-electron chi connectivity index (χ1n) is 6.45. The van der Waals surface area contributed by atoms with Crippen molar-refractivity contribution in [2.24, 2.45) is 0 Å². The molecule has 0 saturated carbocycles. The molecule has 0 unspecified atom stereocenters. The van der Waals surface area contributed by atoms with Crippen LogP contribution in [0.15, 0.2) is 0 Å². The summed E-state index contributed by atoms with van der Waals surface area (Å²) in [7, 11) is 1.33. The van der Waals surface area contributed by atoms with Crippen LogP contribution in [0.2, 0.25) is 0 Å². The SMILES string of the molecule is COC(=O)[C@@H]1CC[C@@H]([C@H](C)NC(=O)OC(C)(C)C)O1. The van der Waals surface area contributed by atoms with Gasteiger partial charge in [0.05, 0.1) is 19.3 Å². The minimum absolute atomic E-state index is 0.198. The van der Waals surface area contributed by atoms with E-state index in [1.54, 1.807) is 20.8 Å². The third-order valence-corrected chi connectivity index (χ3v) is 2.82. The first-order valence-corrected chi connectivity index (χ1v) is 6.45. The predicted octanol–water partition coefficient (Wildman–Crippen LogP) is 1.62. The highest BCUT2D eigenvalue weighted by molar-refractivity contribution is 5.74. The van der Waals surface area contributed by atoms with Gasteiger partial charge in [-0.15, -0.1) is 0 Å². The minimum atomic E-state index is -0.533. The van der Waals surface area contributed by atoms with Crippen LogP contribution >= 0.6 is 0 Å². The van der Waals surface area contributed by atoms with Crippen molar-refractivity contribution < 1.29 is 23.8 Å². The zero-order valence-corrected chi connectivity index (χ0v) is 12.2. The molecule has 0 aromatic rings. The molecule has 0 aromatic carbocycles. The van der Waals surface area contributed by atoms with E-state index in [2.05, 4.69) is 10.1 Å². The lowest BCUT2D eigenvalue weighted by Gasteiger charge is -2.24. The molecule has 1 N–H and O–H groups in total. The van der Waals surface area contributed by atoms with Gasteiger partial charge in [-0.25, -0.2) is 9.59 Å². The smallest absolute Gasteiger partial charge is 0.407 e. The van der Waals surface area contributed by atoms with Crippen LogP contribution in [0.25, 0.3) is 0 Å². The number of carbonyl (C=O) groups is 2. The van der Waals surface area contributed by atoms with Gasteiger partial charge in [-0.05, 0) is 40.5 Å². The molecule has 0 bridgehead atoms. The van der Waals surface area contributed by atoms with Crippen molar-refractivity contribution >= 4 is 12.1 Å². The summed E-state index contributed by atoms with van der Waals surface area (Å²) in [6.45, 7) is 7.23. The quantitative estimate of drug-likeness (QED) is 0.791. The van der Waals surface area contributed by atoms with E-state index in [4.69, 9.17) is 9.47 Å². The standard InChI is InChI=1S/C13H23NO5/c1-8(14-12(16)19-13(2,3)4)9-6-7-10(18-9)11(15)17-5/h8-10H,6-7H2,1-5H3,(H,14,16)/t8-,9-,10-/m0/s1. The Hall–Kier alpha value is -1.30. The zero-order valence-electron chi connectivity index (χ0n) is 12.2. The third kappa shape index (κ3) is 5.06. The molecule has 1 rings (SSSR count). The van der Waals surface area contributed by atoms with Crippen LogP contribution in [-0.4, -0.2) is 43.0 Å². The average molecular weight is 273 g/mol. The molecule has 0 aromatic heterocycles. The first-order chi connectivity index (χ1) is 8.73. The second kappa shape index (κ2) is 6.23. The Morgan fingerprint density at radius 3 is 2.47 bits per heavy atom. The normalized spacial score (nSPS) is 24.7. The van der Waals surface area contributed by atoms with Crippen LogP contribution in [0.5, 0.6) is 0 Å². The number of methoxy groups -OCH3 is 1. The van der Waals surface area contributed by atoms with Gasteiger partial charge in [-0.3, -0.25) is 0 Å². The van der Waals surface area contributed by atoms with Gasteiger partial charge in [0.15, 0.2) is 6.10 Å². The zero-order chi connectivity index (χ0) is 14.6. The van der Waals surface area contributed by atoms with Crippen LogP contribution in [0.3, 0.4) is 0 Å². The Morgan fingerprint density at radius 1 is 1.32 bits per heavy atom. The van der Waals surface area contributed by atoms with Crippen LogP contribution < -0.4 is 5.32 Å². The summed E-state index contributed by atoms with van der Waals surface area (Å²) in [5.74, 6) is -0.369. The molecule has 1 amide bonds. The Labute approximate surface area is 113 Å². The van der Waals surface area contributed by atoms with Gasteiger partial charge in [-0.2, -0.15) is 0 Å². The van der Waals surface area contributed by atoms with Crippen molar-refractivity contribution in [3.05, 3.63) is 0 Å². The number of amides is 1. The van der Waals surface area contributed by atoms with Crippen LogP contribution in [0.1, 0.15) is 40.5 Å². The minimum Gasteiger partial charge on any atom is -0.467 e. The maximum absolute atomic E-state index is 11.6. The highest BCUT2D eigenvalue weighted by atomic mass is 16.6. The van der Waals surface area contributed by atoms with Gasteiger partial charge in [-0.1, -0.05) is 0 Å². The molecular weight excluding hydrogens is 250 g/mol. The lowest BCUT2D eigenvalue weighted by molar-refractivity contribution is -0.153. The highest BCUT2D eigenvalue weighted by Gasteiger charge is 2.35. The Bertz CT molecular complexity index is 336. The lowest BCUT2D eigenvalue weighted by Crippen LogP contribution is -2.44. The van der Waals surface area contributed by atoms with Crippen molar-refractivity contribution in [1.29, 1.82) is 0 Å². The molecule has 0 radical (unpaired) electrons. The maximum Gasteiger partial charge on any atom is 0.407 e. The maximum atomic E-state index is 11.6. The fourth-order valence-electron chi connectivity index (χ4n) is 1.92. The highest BCUT2D eigenvalue weighted by Crippen LogP contribution is 2.23. The first kappa shape index (κ1) is 15.8. The predicted molar refractivity (Wildman–Crippen MR) is 68.7 cm³/mol. The summed E-state index contributed by atoms with van der Waals surface area (Å²) >= 11 is 0. The van der Waals surface area contributed by atoms with Crippen molar-refractivity contribution in [1.82, 2.24) is 5.32 Å². The van der Waals surface area contributed by atoms with Crippen LogP contribution in [-0.2, 0) is 19.0 Å². The van der Waals surface area contributed by atoms with Crippen molar-refractivity contribution in [2.75, 3.05) is 7.11 Å². The summed E-state index contributed by atoms with van der Waals surface area (Å²) in [5.41, 5.74) is -0.533. The summed E-state index contributed by atoms with van der Waals surface area (Å²) < 4.78 is 15.4. The average Bonchev–Trinajstić information content (AvgIpc) is 2.74. The summed E-state index contributed by atoms with van der Waals surface area (Å²) in [6, 6.07) is -0.218. The summed E-state index contributed by atoms with van der Waals surface area (Å²) in [4.78, 5) is 22.9. The molecule has 1 saturated heterocycles. The molecular formula is C13H23NO5. The van der Waals surface area contributed by atoms with E-state index in [9.17, 15) is 9.59 Å². The topological polar surface area (TPSA) is 73.9 Å². The number of rotatable bonds is 3. The number of carbonyl (C=O) groups excluding carboxylic acids is 2.